The number of halogens is 1. The Labute approximate surface area is 143 Å². The van der Waals surface area contributed by atoms with Gasteiger partial charge >= 0.3 is 0 Å². The van der Waals surface area contributed by atoms with Crippen molar-refractivity contribution in [3.63, 3.8) is 0 Å². The number of para-hydroxylation sites is 1. The lowest BCUT2D eigenvalue weighted by molar-refractivity contribution is -0.118. The molecule has 1 N–H and O–H groups in total. The summed E-state index contributed by atoms with van der Waals surface area (Å²) in [7, 11) is 0. The summed E-state index contributed by atoms with van der Waals surface area (Å²) in [4.78, 5) is 30.3. The van der Waals surface area contributed by atoms with Gasteiger partial charge in [-0.05, 0) is 24.5 Å². The molecule has 1 aliphatic rings. The summed E-state index contributed by atoms with van der Waals surface area (Å²) in [6.45, 7) is 1.18. The lowest BCUT2D eigenvalue weighted by atomic mass is 10.2. The fourth-order valence-corrected chi connectivity index (χ4v) is 3.55. The molecule has 23 heavy (non-hydrogen) atoms. The topological polar surface area (TPSA) is 62.3 Å². The Morgan fingerprint density at radius 1 is 1.35 bits per heavy atom. The molecule has 0 saturated carbocycles. The van der Waals surface area contributed by atoms with Crippen LogP contribution in [0.5, 0.6) is 0 Å². The standard InChI is InChI=1S/C16H16ClN3O2S/c17-15-14(23-10-19-15)16(22)18-8-3-6-13(21)20-9-7-11-4-1-2-5-12(11)20/h1-2,4-5,10H,3,6-9H2,(H,18,22). The van der Waals surface area contributed by atoms with Crippen molar-refractivity contribution in [2.24, 2.45) is 0 Å². The fraction of sp³-hybridized carbons (Fsp3) is 0.312. The Bertz CT molecular complexity index is 732. The molecule has 120 valence electrons. The van der Waals surface area contributed by atoms with Crippen LogP contribution in [0.1, 0.15) is 28.1 Å². The van der Waals surface area contributed by atoms with Crippen LogP contribution in [0, 0.1) is 0 Å². The van der Waals surface area contributed by atoms with E-state index < -0.39 is 0 Å². The largest absolute Gasteiger partial charge is 0.351 e. The van der Waals surface area contributed by atoms with Crippen LogP contribution in [0.3, 0.4) is 0 Å². The first-order chi connectivity index (χ1) is 11.2. The highest BCUT2D eigenvalue weighted by atomic mass is 35.5. The van der Waals surface area contributed by atoms with Crippen LogP contribution in [0.25, 0.3) is 0 Å². The van der Waals surface area contributed by atoms with Gasteiger partial charge in [-0.15, -0.1) is 11.3 Å². The van der Waals surface area contributed by atoms with E-state index in [1.54, 1.807) is 0 Å². The van der Waals surface area contributed by atoms with Gasteiger partial charge in [-0.2, -0.15) is 0 Å². The molecular weight excluding hydrogens is 334 g/mol. The molecule has 0 fully saturated rings. The van der Waals surface area contributed by atoms with Gasteiger partial charge in [0.05, 0.1) is 5.51 Å². The van der Waals surface area contributed by atoms with E-state index in [0.717, 1.165) is 18.7 Å². The summed E-state index contributed by atoms with van der Waals surface area (Å²) >= 11 is 7.01. The number of rotatable bonds is 5. The molecule has 7 heteroatoms. The normalized spacial score (nSPS) is 13.0. The zero-order chi connectivity index (χ0) is 16.2. The van der Waals surface area contributed by atoms with Gasteiger partial charge in [0, 0.05) is 25.2 Å². The van der Waals surface area contributed by atoms with Crippen molar-refractivity contribution in [2.75, 3.05) is 18.0 Å². The van der Waals surface area contributed by atoms with Crippen LogP contribution >= 0.6 is 22.9 Å². The molecule has 2 amide bonds. The summed E-state index contributed by atoms with van der Waals surface area (Å²) in [6, 6.07) is 7.98. The van der Waals surface area contributed by atoms with Crippen molar-refractivity contribution in [2.45, 2.75) is 19.3 Å². The molecule has 1 aromatic carbocycles. The highest BCUT2D eigenvalue weighted by Gasteiger charge is 2.23. The lowest BCUT2D eigenvalue weighted by Crippen LogP contribution is -2.30. The molecule has 0 saturated heterocycles. The number of hydrogen-bond acceptors (Lipinski definition) is 4. The quantitative estimate of drug-likeness (QED) is 0.844. The average molecular weight is 350 g/mol. The van der Waals surface area contributed by atoms with E-state index in [1.165, 1.54) is 22.4 Å². The predicted molar refractivity (Wildman–Crippen MR) is 91.2 cm³/mol. The molecule has 0 unspecified atom stereocenters. The maximum atomic E-state index is 12.3. The number of benzene rings is 1. The summed E-state index contributed by atoms with van der Waals surface area (Å²) in [5.74, 6) is -0.142. The third-order valence-corrected chi connectivity index (χ3v) is 5.00. The maximum Gasteiger partial charge on any atom is 0.264 e. The minimum absolute atomic E-state index is 0.0972. The van der Waals surface area contributed by atoms with Gasteiger partial charge in [-0.1, -0.05) is 29.8 Å². The molecule has 0 bridgehead atoms. The smallest absolute Gasteiger partial charge is 0.264 e. The number of nitrogens with one attached hydrogen (secondary N) is 1. The first-order valence-corrected chi connectivity index (χ1v) is 8.68. The monoisotopic (exact) mass is 349 g/mol. The molecule has 0 atom stereocenters. The average Bonchev–Trinajstić information content (AvgIpc) is 3.17. The second kappa shape index (κ2) is 7.10. The zero-order valence-electron chi connectivity index (χ0n) is 12.4. The van der Waals surface area contributed by atoms with E-state index in [0.29, 0.717) is 24.3 Å². The number of thiazole rings is 1. The first kappa shape index (κ1) is 16.0. The van der Waals surface area contributed by atoms with E-state index in [2.05, 4.69) is 16.4 Å². The Hall–Kier alpha value is -1.92. The van der Waals surface area contributed by atoms with Gasteiger partial charge in [0.15, 0.2) is 5.15 Å². The lowest BCUT2D eigenvalue weighted by Gasteiger charge is -2.17. The second-order valence-corrected chi connectivity index (χ2v) is 6.47. The van der Waals surface area contributed by atoms with Crippen molar-refractivity contribution in [3.05, 3.63) is 45.4 Å². The molecule has 0 aliphatic carbocycles. The van der Waals surface area contributed by atoms with Gasteiger partial charge in [0.1, 0.15) is 4.88 Å². The maximum absolute atomic E-state index is 12.3. The van der Waals surface area contributed by atoms with Gasteiger partial charge in [-0.25, -0.2) is 4.98 Å². The predicted octanol–water partition coefficient (Wildman–Crippen LogP) is 2.90. The summed E-state index contributed by atoms with van der Waals surface area (Å²) < 4.78 is 0. The third kappa shape index (κ3) is 3.54. The van der Waals surface area contributed by atoms with E-state index >= 15 is 0 Å². The molecule has 1 aliphatic heterocycles. The minimum atomic E-state index is -0.239. The molecule has 2 heterocycles. The molecule has 1 aromatic heterocycles. The van der Waals surface area contributed by atoms with Crippen LogP contribution in [0.15, 0.2) is 29.8 Å². The van der Waals surface area contributed by atoms with Crippen molar-refractivity contribution >= 4 is 40.4 Å². The van der Waals surface area contributed by atoms with Crippen LogP contribution in [0.4, 0.5) is 5.69 Å². The summed E-state index contributed by atoms with van der Waals surface area (Å²) in [5, 5.41) is 2.99. The number of nitrogens with zero attached hydrogens (tertiary/aromatic N) is 2. The molecule has 3 rings (SSSR count). The highest BCUT2D eigenvalue weighted by molar-refractivity contribution is 7.12. The molecule has 0 radical (unpaired) electrons. The van der Waals surface area contributed by atoms with Crippen LogP contribution in [-0.4, -0.2) is 29.9 Å². The number of amides is 2. The highest BCUT2D eigenvalue weighted by Crippen LogP contribution is 2.28. The number of fused-ring (bicyclic) bond motifs is 1. The fourth-order valence-electron chi connectivity index (χ4n) is 2.63. The Morgan fingerprint density at radius 2 is 2.17 bits per heavy atom. The number of aromatic nitrogens is 1. The van der Waals surface area contributed by atoms with Gasteiger partial charge < -0.3 is 10.2 Å². The Balaban J connectivity index is 1.46. The Morgan fingerprint density at radius 3 is 2.96 bits per heavy atom. The third-order valence-electron chi connectivity index (χ3n) is 3.77. The summed E-state index contributed by atoms with van der Waals surface area (Å²) in [5.41, 5.74) is 3.76. The van der Waals surface area contributed by atoms with E-state index in [4.69, 9.17) is 11.6 Å². The number of carbonyl (C=O) groups is 2. The van der Waals surface area contributed by atoms with E-state index in [-0.39, 0.29) is 17.0 Å². The van der Waals surface area contributed by atoms with Crippen molar-refractivity contribution in [1.29, 1.82) is 0 Å². The van der Waals surface area contributed by atoms with E-state index in [9.17, 15) is 9.59 Å². The van der Waals surface area contributed by atoms with E-state index in [1.807, 2.05) is 23.1 Å². The zero-order valence-corrected chi connectivity index (χ0v) is 14.0. The number of carbonyl (C=O) groups excluding carboxylic acids is 2. The van der Waals surface area contributed by atoms with Crippen LogP contribution in [-0.2, 0) is 11.2 Å². The molecule has 2 aromatic rings. The number of anilines is 1. The van der Waals surface area contributed by atoms with Crippen LogP contribution in [0.2, 0.25) is 5.15 Å². The van der Waals surface area contributed by atoms with Crippen molar-refractivity contribution < 1.29 is 9.59 Å². The second-order valence-electron chi connectivity index (χ2n) is 5.26. The minimum Gasteiger partial charge on any atom is -0.351 e. The van der Waals surface area contributed by atoms with Crippen molar-refractivity contribution in [3.8, 4) is 0 Å². The Kier molecular flexibility index (Phi) is 4.93. The molecular formula is C16H16ClN3O2S. The van der Waals surface area contributed by atoms with Crippen molar-refractivity contribution in [1.82, 2.24) is 10.3 Å². The number of hydrogen-bond donors (Lipinski definition) is 1. The summed E-state index contributed by atoms with van der Waals surface area (Å²) in [6.07, 6.45) is 1.91. The molecule has 5 nitrogen and oxygen atoms in total. The van der Waals surface area contributed by atoms with Gasteiger partial charge in [0.2, 0.25) is 5.91 Å². The van der Waals surface area contributed by atoms with Gasteiger partial charge in [0.25, 0.3) is 5.91 Å². The SMILES string of the molecule is O=C(NCCCC(=O)N1CCc2ccccc21)c1scnc1Cl. The van der Waals surface area contributed by atoms with Crippen LogP contribution < -0.4 is 10.2 Å². The molecule has 0 spiro atoms. The first-order valence-electron chi connectivity index (χ1n) is 7.42. The van der Waals surface area contributed by atoms with Gasteiger partial charge in [-0.3, -0.25) is 9.59 Å².